The van der Waals surface area contributed by atoms with Gasteiger partial charge in [-0.3, -0.25) is 14.9 Å². The van der Waals surface area contributed by atoms with Crippen molar-refractivity contribution in [2.24, 2.45) is 0 Å². The summed E-state index contributed by atoms with van der Waals surface area (Å²) in [6.45, 7) is 0.374. The van der Waals surface area contributed by atoms with E-state index in [-0.39, 0.29) is 11.6 Å². The van der Waals surface area contributed by atoms with Crippen molar-refractivity contribution >= 4 is 28.9 Å². The highest BCUT2D eigenvalue weighted by atomic mass is 35.5. The fraction of sp³-hybridized carbons (Fsp3) is 0.0952. The Labute approximate surface area is 166 Å². The number of hydrogen-bond acceptors (Lipinski definition) is 4. The van der Waals surface area contributed by atoms with E-state index in [1.165, 1.54) is 12.1 Å². The maximum Gasteiger partial charge on any atom is 0.269 e. The fourth-order valence-electron chi connectivity index (χ4n) is 3.28. The summed E-state index contributed by atoms with van der Waals surface area (Å²) in [6, 6.07) is 20.9. The van der Waals surface area contributed by atoms with E-state index in [0.717, 1.165) is 16.8 Å². The Hall–Kier alpha value is -3.38. The number of nitrogens with zero attached hydrogens (tertiary/aromatic N) is 2. The van der Waals surface area contributed by atoms with Crippen LogP contribution in [0.25, 0.3) is 0 Å². The van der Waals surface area contributed by atoms with E-state index in [2.05, 4.69) is 5.32 Å². The number of para-hydroxylation sites is 1. The van der Waals surface area contributed by atoms with Crippen LogP contribution in [0.5, 0.6) is 0 Å². The molecule has 0 aromatic heterocycles. The van der Waals surface area contributed by atoms with Crippen molar-refractivity contribution in [2.75, 3.05) is 5.32 Å². The third-order valence-electron chi connectivity index (χ3n) is 4.71. The molecule has 28 heavy (non-hydrogen) atoms. The monoisotopic (exact) mass is 393 g/mol. The second-order valence-corrected chi connectivity index (χ2v) is 6.94. The molecule has 6 nitrogen and oxygen atoms in total. The number of anilines is 1. The van der Waals surface area contributed by atoms with E-state index in [9.17, 15) is 14.9 Å². The Morgan fingerprint density at radius 1 is 1.00 bits per heavy atom. The minimum Gasteiger partial charge on any atom is -0.361 e. The van der Waals surface area contributed by atoms with Crippen LogP contribution in [0, 0.1) is 10.1 Å². The Morgan fingerprint density at radius 3 is 2.36 bits per heavy atom. The average Bonchev–Trinajstić information content (AvgIpc) is 2.71. The van der Waals surface area contributed by atoms with E-state index < -0.39 is 11.1 Å². The van der Waals surface area contributed by atoms with Gasteiger partial charge in [0.1, 0.15) is 6.17 Å². The number of non-ortho nitro benzene ring substituents is 1. The molecule has 3 aromatic rings. The Balaban J connectivity index is 1.73. The zero-order chi connectivity index (χ0) is 19.7. The van der Waals surface area contributed by atoms with Crippen LogP contribution >= 0.6 is 11.6 Å². The van der Waals surface area contributed by atoms with Crippen LogP contribution in [0.3, 0.4) is 0 Å². The van der Waals surface area contributed by atoms with Crippen LogP contribution in [0.15, 0.2) is 72.8 Å². The highest BCUT2D eigenvalue weighted by Gasteiger charge is 2.33. The molecule has 1 N–H and O–H groups in total. The molecule has 0 saturated heterocycles. The predicted octanol–water partition coefficient (Wildman–Crippen LogP) is 5.01. The molecule has 0 bridgehead atoms. The first kappa shape index (κ1) is 18.0. The molecule has 1 aliphatic rings. The second-order valence-electron chi connectivity index (χ2n) is 6.50. The van der Waals surface area contributed by atoms with Gasteiger partial charge in [-0.1, -0.05) is 35.9 Å². The van der Waals surface area contributed by atoms with Gasteiger partial charge in [0, 0.05) is 29.4 Å². The highest BCUT2D eigenvalue weighted by Crippen LogP contribution is 2.34. The number of hydrogen-bond donors (Lipinski definition) is 1. The smallest absolute Gasteiger partial charge is 0.269 e. The minimum atomic E-state index is -0.445. The lowest BCUT2D eigenvalue weighted by atomic mass is 10.0. The number of nitrogens with one attached hydrogen (secondary N) is 1. The zero-order valence-corrected chi connectivity index (χ0v) is 15.5. The van der Waals surface area contributed by atoms with Crippen molar-refractivity contribution in [1.29, 1.82) is 0 Å². The summed E-state index contributed by atoms with van der Waals surface area (Å²) in [5, 5.41) is 15.0. The van der Waals surface area contributed by atoms with Crippen LogP contribution < -0.4 is 5.32 Å². The molecule has 4 rings (SSSR count). The normalized spacial score (nSPS) is 15.7. The van der Waals surface area contributed by atoms with E-state index in [1.54, 1.807) is 35.2 Å². The first-order valence-electron chi connectivity index (χ1n) is 8.68. The van der Waals surface area contributed by atoms with Gasteiger partial charge in [-0.15, -0.1) is 0 Å². The van der Waals surface area contributed by atoms with Crippen molar-refractivity contribution in [3.05, 3.63) is 105 Å². The lowest BCUT2D eigenvalue weighted by molar-refractivity contribution is -0.384. The number of rotatable bonds is 4. The van der Waals surface area contributed by atoms with Crippen molar-refractivity contribution < 1.29 is 9.72 Å². The predicted molar refractivity (Wildman–Crippen MR) is 107 cm³/mol. The number of nitro benzene ring substituents is 1. The third kappa shape index (κ3) is 3.42. The van der Waals surface area contributed by atoms with Crippen molar-refractivity contribution in [2.45, 2.75) is 12.7 Å². The summed E-state index contributed by atoms with van der Waals surface area (Å²) >= 11 is 5.97. The first-order chi connectivity index (χ1) is 13.5. The van der Waals surface area contributed by atoms with E-state index >= 15 is 0 Å². The SMILES string of the molecule is O=C1c2ccccc2N[C@@H](c2ccc([N+](=O)[O-])cc2)N1Cc1ccc(Cl)cc1. The molecule has 1 heterocycles. The molecule has 140 valence electrons. The van der Waals surface area contributed by atoms with Gasteiger partial charge in [0.05, 0.1) is 10.5 Å². The molecule has 1 amide bonds. The van der Waals surface area contributed by atoms with Crippen LogP contribution in [0.2, 0.25) is 5.02 Å². The van der Waals surface area contributed by atoms with Gasteiger partial charge in [0.2, 0.25) is 0 Å². The van der Waals surface area contributed by atoms with Gasteiger partial charge in [0.15, 0.2) is 0 Å². The number of halogens is 1. The van der Waals surface area contributed by atoms with Crippen molar-refractivity contribution in [1.82, 2.24) is 4.90 Å². The Bertz CT molecular complexity index is 1040. The molecule has 0 saturated carbocycles. The minimum absolute atomic E-state index is 0.00976. The van der Waals surface area contributed by atoms with Crippen molar-refractivity contribution in [3.63, 3.8) is 0 Å². The molecule has 1 atom stereocenters. The maximum absolute atomic E-state index is 13.2. The summed E-state index contributed by atoms with van der Waals surface area (Å²) in [5.74, 6) is -0.104. The number of benzene rings is 3. The highest BCUT2D eigenvalue weighted by molar-refractivity contribution is 6.30. The summed E-state index contributed by atoms with van der Waals surface area (Å²) in [4.78, 5) is 25.4. The van der Waals surface area contributed by atoms with Gasteiger partial charge in [0.25, 0.3) is 11.6 Å². The summed E-state index contributed by atoms with van der Waals surface area (Å²) in [6.07, 6.45) is -0.445. The summed E-state index contributed by atoms with van der Waals surface area (Å²) in [5.41, 5.74) is 3.04. The molecule has 0 fully saturated rings. The zero-order valence-electron chi connectivity index (χ0n) is 14.7. The number of fused-ring (bicyclic) bond motifs is 1. The summed E-state index contributed by atoms with van der Waals surface area (Å²) in [7, 11) is 0. The Morgan fingerprint density at radius 2 is 1.68 bits per heavy atom. The fourth-order valence-corrected chi connectivity index (χ4v) is 3.41. The topological polar surface area (TPSA) is 75.5 Å². The largest absolute Gasteiger partial charge is 0.361 e. The maximum atomic E-state index is 13.2. The van der Waals surface area contributed by atoms with Crippen molar-refractivity contribution in [3.8, 4) is 0 Å². The molecule has 0 spiro atoms. The lowest BCUT2D eigenvalue weighted by Crippen LogP contribution is -2.42. The molecule has 3 aromatic carbocycles. The van der Waals surface area contributed by atoms with Gasteiger partial charge in [-0.25, -0.2) is 0 Å². The molecular formula is C21H16ClN3O3. The Kier molecular flexibility index (Phi) is 4.71. The molecule has 0 radical (unpaired) electrons. The number of carbonyl (C=O) groups excluding carboxylic acids is 1. The van der Waals surface area contributed by atoms with Crippen LogP contribution in [-0.2, 0) is 6.54 Å². The number of carbonyl (C=O) groups is 1. The first-order valence-corrected chi connectivity index (χ1v) is 9.06. The summed E-state index contributed by atoms with van der Waals surface area (Å²) < 4.78 is 0. The number of amides is 1. The standard InChI is InChI=1S/C21H16ClN3O3/c22-16-9-5-14(6-10-16)13-24-20(15-7-11-17(12-8-15)25(27)28)23-19-4-2-1-3-18(19)21(24)26/h1-12,20,23H,13H2/t20-/m1/s1. The van der Waals surface area contributed by atoms with Crippen LogP contribution in [0.1, 0.15) is 27.7 Å². The molecule has 0 unspecified atom stereocenters. The van der Waals surface area contributed by atoms with E-state index in [4.69, 9.17) is 11.6 Å². The van der Waals surface area contributed by atoms with Gasteiger partial charge < -0.3 is 10.2 Å². The molecule has 0 aliphatic carbocycles. The average molecular weight is 394 g/mol. The third-order valence-corrected chi connectivity index (χ3v) is 4.96. The molecular weight excluding hydrogens is 378 g/mol. The lowest BCUT2D eigenvalue weighted by Gasteiger charge is -2.38. The van der Waals surface area contributed by atoms with Crippen LogP contribution in [-0.4, -0.2) is 15.7 Å². The number of nitro groups is 1. The molecule has 1 aliphatic heterocycles. The van der Waals surface area contributed by atoms with Gasteiger partial charge >= 0.3 is 0 Å². The van der Waals surface area contributed by atoms with E-state index in [1.807, 2.05) is 30.3 Å². The van der Waals surface area contributed by atoms with Gasteiger partial charge in [-0.05, 0) is 47.5 Å². The van der Waals surface area contributed by atoms with Crippen LogP contribution in [0.4, 0.5) is 11.4 Å². The van der Waals surface area contributed by atoms with E-state index in [0.29, 0.717) is 17.1 Å². The molecule has 7 heteroatoms. The van der Waals surface area contributed by atoms with Gasteiger partial charge in [-0.2, -0.15) is 0 Å². The quantitative estimate of drug-likeness (QED) is 0.499. The second kappa shape index (κ2) is 7.32.